The van der Waals surface area contributed by atoms with Crippen LogP contribution in [0, 0.1) is 0 Å². The summed E-state index contributed by atoms with van der Waals surface area (Å²) in [6.07, 6.45) is 1.88. The Kier molecular flexibility index (Phi) is 4.17. The Labute approximate surface area is 131 Å². The van der Waals surface area contributed by atoms with E-state index in [0.29, 0.717) is 19.1 Å². The first-order chi connectivity index (χ1) is 10.3. The Balaban J connectivity index is 1.77. The van der Waals surface area contributed by atoms with E-state index in [1.165, 1.54) is 11.1 Å². The number of fused-ring (bicyclic) bond motifs is 1. The molecule has 1 N–H and O–H groups in total. The number of hydrogen-bond donors (Lipinski definition) is 1. The third kappa shape index (κ3) is 3.22. The fraction of sp³-hybridized carbons (Fsp3) is 0.200. The molecule has 0 fully saturated rings. The van der Waals surface area contributed by atoms with Crippen LogP contribution in [-0.4, -0.2) is 21.7 Å². The molecule has 108 valence electrons. The normalized spacial score (nSPS) is 11.0. The molecule has 2 heterocycles. The van der Waals surface area contributed by atoms with Crippen molar-refractivity contribution in [2.75, 3.05) is 12.4 Å². The summed E-state index contributed by atoms with van der Waals surface area (Å²) >= 11 is 3.42. The fourth-order valence-corrected chi connectivity index (χ4v) is 2.46. The average Bonchev–Trinajstić information content (AvgIpc) is 2.88. The summed E-state index contributed by atoms with van der Waals surface area (Å²) in [7, 11) is 1.70. The molecule has 1 aromatic carbocycles. The van der Waals surface area contributed by atoms with Crippen LogP contribution < -0.4 is 5.32 Å². The van der Waals surface area contributed by atoms with E-state index < -0.39 is 0 Å². The lowest BCUT2D eigenvalue weighted by atomic mass is 10.1. The van der Waals surface area contributed by atoms with Crippen LogP contribution in [0.4, 0.5) is 5.95 Å². The number of pyridine rings is 1. The van der Waals surface area contributed by atoms with E-state index in [1.54, 1.807) is 11.6 Å². The van der Waals surface area contributed by atoms with E-state index in [2.05, 4.69) is 43.5 Å². The molecule has 0 aliphatic rings. The predicted molar refractivity (Wildman–Crippen MR) is 85.2 cm³/mol. The molecular weight excluding hydrogens is 332 g/mol. The number of anilines is 1. The fourth-order valence-electron chi connectivity index (χ4n) is 2.13. The van der Waals surface area contributed by atoms with Gasteiger partial charge in [-0.05, 0) is 39.2 Å². The molecule has 0 atom stereocenters. The van der Waals surface area contributed by atoms with Crippen LogP contribution >= 0.6 is 15.9 Å². The van der Waals surface area contributed by atoms with Gasteiger partial charge in [0.2, 0.25) is 5.95 Å². The SMILES string of the molecule is COCc1ccccc1CNc1nc2ccc(Br)cn2n1. The number of benzene rings is 1. The highest BCUT2D eigenvalue weighted by molar-refractivity contribution is 9.10. The number of nitrogens with one attached hydrogen (secondary N) is 1. The second kappa shape index (κ2) is 6.24. The lowest BCUT2D eigenvalue weighted by molar-refractivity contribution is 0.184. The molecule has 0 spiro atoms. The van der Waals surface area contributed by atoms with Gasteiger partial charge in [0.1, 0.15) is 0 Å². The molecule has 3 aromatic rings. The standard InChI is InChI=1S/C15H15BrN4O/c1-21-10-12-5-3-2-4-11(12)8-17-15-18-14-7-6-13(16)9-20(14)19-15/h2-7,9H,8,10H2,1H3,(H,17,19). The summed E-state index contributed by atoms with van der Waals surface area (Å²) in [6.45, 7) is 1.26. The van der Waals surface area contributed by atoms with Gasteiger partial charge < -0.3 is 10.1 Å². The summed E-state index contributed by atoms with van der Waals surface area (Å²) < 4.78 is 7.93. The van der Waals surface area contributed by atoms with Crippen LogP contribution in [0.5, 0.6) is 0 Å². The van der Waals surface area contributed by atoms with Gasteiger partial charge in [0, 0.05) is 24.3 Å². The van der Waals surface area contributed by atoms with Crippen LogP contribution in [0.25, 0.3) is 5.65 Å². The Morgan fingerprint density at radius 3 is 2.81 bits per heavy atom. The van der Waals surface area contributed by atoms with Crippen molar-refractivity contribution >= 4 is 27.5 Å². The zero-order valence-electron chi connectivity index (χ0n) is 11.6. The number of halogens is 1. The maximum absolute atomic E-state index is 5.21. The van der Waals surface area contributed by atoms with Gasteiger partial charge in [-0.2, -0.15) is 4.98 Å². The van der Waals surface area contributed by atoms with Crippen LogP contribution in [0.2, 0.25) is 0 Å². The number of methoxy groups -OCH3 is 1. The Morgan fingerprint density at radius 1 is 1.19 bits per heavy atom. The highest BCUT2D eigenvalue weighted by atomic mass is 79.9. The van der Waals surface area contributed by atoms with E-state index in [4.69, 9.17) is 4.74 Å². The minimum atomic E-state index is 0.601. The Hall–Kier alpha value is -1.92. The van der Waals surface area contributed by atoms with Crippen LogP contribution in [0.1, 0.15) is 11.1 Å². The van der Waals surface area contributed by atoms with Gasteiger partial charge in [-0.25, -0.2) is 4.52 Å². The van der Waals surface area contributed by atoms with E-state index in [-0.39, 0.29) is 0 Å². The van der Waals surface area contributed by atoms with Gasteiger partial charge in [0.15, 0.2) is 5.65 Å². The number of ether oxygens (including phenoxy) is 1. The lowest BCUT2D eigenvalue weighted by Gasteiger charge is -2.08. The summed E-state index contributed by atoms with van der Waals surface area (Å²) in [5.41, 5.74) is 3.16. The van der Waals surface area contributed by atoms with Crippen molar-refractivity contribution in [3.05, 3.63) is 58.2 Å². The molecule has 0 saturated heterocycles. The zero-order valence-corrected chi connectivity index (χ0v) is 13.2. The van der Waals surface area contributed by atoms with Gasteiger partial charge in [-0.1, -0.05) is 24.3 Å². The smallest absolute Gasteiger partial charge is 0.243 e. The minimum absolute atomic E-state index is 0.601. The van der Waals surface area contributed by atoms with E-state index in [0.717, 1.165) is 10.1 Å². The molecule has 0 amide bonds. The number of rotatable bonds is 5. The molecule has 2 aromatic heterocycles. The monoisotopic (exact) mass is 346 g/mol. The largest absolute Gasteiger partial charge is 0.380 e. The third-order valence-corrected chi connectivity index (χ3v) is 3.62. The first-order valence-corrected chi connectivity index (χ1v) is 7.37. The number of aromatic nitrogens is 3. The Morgan fingerprint density at radius 2 is 2.00 bits per heavy atom. The predicted octanol–water partition coefficient (Wildman–Crippen LogP) is 3.25. The molecule has 0 saturated carbocycles. The van der Waals surface area contributed by atoms with Crippen molar-refractivity contribution in [2.24, 2.45) is 0 Å². The summed E-state index contributed by atoms with van der Waals surface area (Å²) in [4.78, 5) is 4.43. The molecule has 0 bridgehead atoms. The topological polar surface area (TPSA) is 51.5 Å². The van der Waals surface area contributed by atoms with Crippen molar-refractivity contribution < 1.29 is 4.74 Å². The van der Waals surface area contributed by atoms with Crippen molar-refractivity contribution in [3.8, 4) is 0 Å². The van der Waals surface area contributed by atoms with Gasteiger partial charge in [0.25, 0.3) is 0 Å². The highest BCUT2D eigenvalue weighted by Crippen LogP contribution is 2.14. The molecule has 0 aliphatic carbocycles. The first kappa shape index (κ1) is 14.0. The zero-order chi connectivity index (χ0) is 14.7. The van der Waals surface area contributed by atoms with Gasteiger partial charge in [-0.3, -0.25) is 0 Å². The van der Waals surface area contributed by atoms with Gasteiger partial charge in [0.05, 0.1) is 6.61 Å². The van der Waals surface area contributed by atoms with Crippen LogP contribution in [0.3, 0.4) is 0 Å². The van der Waals surface area contributed by atoms with E-state index >= 15 is 0 Å². The molecule has 3 rings (SSSR count). The molecule has 6 heteroatoms. The van der Waals surface area contributed by atoms with E-state index in [1.807, 2.05) is 30.5 Å². The maximum atomic E-state index is 5.21. The Bertz CT molecular complexity index is 756. The van der Waals surface area contributed by atoms with Crippen molar-refractivity contribution in [1.29, 1.82) is 0 Å². The molecule has 0 aliphatic heterocycles. The first-order valence-electron chi connectivity index (χ1n) is 6.58. The van der Waals surface area contributed by atoms with E-state index in [9.17, 15) is 0 Å². The molecule has 0 radical (unpaired) electrons. The second-order valence-electron chi connectivity index (χ2n) is 4.64. The molecule has 5 nitrogen and oxygen atoms in total. The summed E-state index contributed by atoms with van der Waals surface area (Å²) in [5.74, 6) is 0.611. The summed E-state index contributed by atoms with van der Waals surface area (Å²) in [5, 5.41) is 7.65. The molecule has 0 unspecified atom stereocenters. The minimum Gasteiger partial charge on any atom is -0.380 e. The highest BCUT2D eigenvalue weighted by Gasteiger charge is 2.05. The van der Waals surface area contributed by atoms with Crippen LogP contribution in [0.15, 0.2) is 47.1 Å². The van der Waals surface area contributed by atoms with Crippen LogP contribution in [-0.2, 0) is 17.9 Å². The van der Waals surface area contributed by atoms with Crippen molar-refractivity contribution in [2.45, 2.75) is 13.2 Å². The average molecular weight is 347 g/mol. The lowest BCUT2D eigenvalue weighted by Crippen LogP contribution is -2.04. The van der Waals surface area contributed by atoms with Crippen molar-refractivity contribution in [3.63, 3.8) is 0 Å². The number of nitrogens with zero attached hydrogens (tertiary/aromatic N) is 3. The second-order valence-corrected chi connectivity index (χ2v) is 5.56. The maximum Gasteiger partial charge on any atom is 0.243 e. The van der Waals surface area contributed by atoms with Gasteiger partial charge in [-0.15, -0.1) is 5.10 Å². The molecule has 21 heavy (non-hydrogen) atoms. The quantitative estimate of drug-likeness (QED) is 0.770. The number of hydrogen-bond acceptors (Lipinski definition) is 4. The third-order valence-electron chi connectivity index (χ3n) is 3.15. The molecular formula is C15H15BrN4O. The van der Waals surface area contributed by atoms with Crippen molar-refractivity contribution in [1.82, 2.24) is 14.6 Å². The van der Waals surface area contributed by atoms with Gasteiger partial charge >= 0.3 is 0 Å². The summed E-state index contributed by atoms with van der Waals surface area (Å²) in [6, 6.07) is 12.0.